The van der Waals surface area contributed by atoms with E-state index in [1.165, 1.54) is 18.2 Å². The zero-order chi connectivity index (χ0) is 23.6. The van der Waals surface area contributed by atoms with Crippen molar-refractivity contribution < 1.29 is 18.9 Å². The molecule has 0 aliphatic rings. The Morgan fingerprint density at radius 1 is 1.22 bits per heavy atom. The number of anilines is 1. The second kappa shape index (κ2) is 10.1. The normalized spacial score (nSPS) is 11.0. The standard InChI is InChI=1S/C22H19Br2ClN2O5/c1-11(2)15-9-18(25)12(3)6-20(15)31-10-14-4-5-19(32-14)22(28)26-21-16(23)7-13(27(29)30)8-17(21)24/h4-9,11H,10H2,1-3H3,(H,26,28). The molecule has 3 aromatic rings. The average molecular weight is 587 g/mol. The molecular weight excluding hydrogens is 568 g/mol. The second-order valence-corrected chi connectivity index (χ2v) is 9.46. The smallest absolute Gasteiger partial charge is 0.291 e. The molecule has 2 aromatic carbocycles. The number of ether oxygens (including phenoxy) is 1. The maximum atomic E-state index is 12.6. The zero-order valence-corrected chi connectivity index (χ0v) is 21.3. The minimum absolute atomic E-state index is 0.0807. The first-order valence-electron chi connectivity index (χ1n) is 9.53. The van der Waals surface area contributed by atoms with Crippen LogP contribution in [0.4, 0.5) is 11.4 Å². The molecule has 1 aromatic heterocycles. The number of aryl methyl sites for hydroxylation is 1. The van der Waals surface area contributed by atoms with Gasteiger partial charge in [-0.1, -0.05) is 25.4 Å². The number of nitro benzene ring substituents is 1. The molecule has 1 amide bonds. The summed E-state index contributed by atoms with van der Waals surface area (Å²) in [7, 11) is 0. The summed E-state index contributed by atoms with van der Waals surface area (Å²) >= 11 is 12.7. The summed E-state index contributed by atoms with van der Waals surface area (Å²) in [6.45, 7) is 6.15. The maximum Gasteiger partial charge on any atom is 0.291 e. The maximum absolute atomic E-state index is 12.6. The Labute approximate surface area is 206 Å². The second-order valence-electron chi connectivity index (χ2n) is 7.34. The molecule has 1 heterocycles. The SMILES string of the molecule is Cc1cc(OCc2ccc(C(=O)Nc3c(Br)cc([N+](=O)[O-])cc3Br)o2)c(C(C)C)cc1Cl. The van der Waals surface area contributed by atoms with Crippen LogP contribution in [-0.2, 0) is 6.61 Å². The van der Waals surface area contributed by atoms with Gasteiger partial charge in [-0.15, -0.1) is 0 Å². The van der Waals surface area contributed by atoms with Crippen molar-refractivity contribution in [2.45, 2.75) is 33.3 Å². The van der Waals surface area contributed by atoms with Crippen molar-refractivity contribution in [1.29, 1.82) is 0 Å². The molecule has 0 aliphatic carbocycles. The molecule has 0 aliphatic heterocycles. The number of furan rings is 1. The van der Waals surface area contributed by atoms with Crippen LogP contribution in [0.3, 0.4) is 0 Å². The van der Waals surface area contributed by atoms with E-state index in [0.717, 1.165) is 11.1 Å². The average Bonchev–Trinajstić information content (AvgIpc) is 3.20. The molecule has 7 nitrogen and oxygen atoms in total. The molecule has 168 valence electrons. The molecule has 32 heavy (non-hydrogen) atoms. The lowest BCUT2D eigenvalue weighted by Crippen LogP contribution is -2.12. The number of carbonyl (C=O) groups excluding carboxylic acids is 1. The third kappa shape index (κ3) is 5.51. The van der Waals surface area contributed by atoms with Crippen molar-refractivity contribution in [3.63, 3.8) is 0 Å². The molecule has 10 heteroatoms. The van der Waals surface area contributed by atoms with E-state index < -0.39 is 10.8 Å². The highest BCUT2D eigenvalue weighted by molar-refractivity contribution is 9.11. The predicted molar refractivity (Wildman–Crippen MR) is 130 cm³/mol. The first-order valence-corrected chi connectivity index (χ1v) is 11.5. The number of halogens is 3. The van der Waals surface area contributed by atoms with Crippen molar-refractivity contribution in [2.24, 2.45) is 0 Å². The summed E-state index contributed by atoms with van der Waals surface area (Å²) in [5.41, 5.74) is 2.13. The van der Waals surface area contributed by atoms with Crippen LogP contribution in [0.1, 0.15) is 47.2 Å². The fraction of sp³-hybridized carbons (Fsp3) is 0.227. The van der Waals surface area contributed by atoms with E-state index in [4.69, 9.17) is 20.8 Å². The highest BCUT2D eigenvalue weighted by atomic mass is 79.9. The number of amides is 1. The van der Waals surface area contributed by atoms with Crippen LogP contribution < -0.4 is 10.1 Å². The molecule has 0 atom stereocenters. The molecule has 3 rings (SSSR count). The minimum atomic E-state index is -0.521. The number of nitro groups is 1. The van der Waals surface area contributed by atoms with E-state index in [1.54, 1.807) is 6.07 Å². The number of nitrogens with one attached hydrogen (secondary N) is 1. The van der Waals surface area contributed by atoms with E-state index >= 15 is 0 Å². The van der Waals surface area contributed by atoms with Gasteiger partial charge in [0.05, 0.1) is 10.6 Å². The first-order chi connectivity index (χ1) is 15.1. The molecule has 0 bridgehead atoms. The Hall–Kier alpha value is -2.36. The van der Waals surface area contributed by atoms with Crippen LogP contribution in [0, 0.1) is 17.0 Å². The Balaban J connectivity index is 1.72. The van der Waals surface area contributed by atoms with E-state index in [1.807, 2.05) is 19.1 Å². The molecular formula is C22H19Br2ClN2O5. The van der Waals surface area contributed by atoms with Gasteiger partial charge in [-0.2, -0.15) is 0 Å². The van der Waals surface area contributed by atoms with Crippen molar-refractivity contribution in [2.75, 3.05) is 5.32 Å². The number of carbonyl (C=O) groups is 1. The van der Waals surface area contributed by atoms with E-state index in [2.05, 4.69) is 51.0 Å². The molecule has 0 saturated heterocycles. The van der Waals surface area contributed by atoms with Gasteiger partial charge in [0, 0.05) is 26.1 Å². The molecule has 0 radical (unpaired) electrons. The highest BCUT2D eigenvalue weighted by Gasteiger charge is 2.19. The summed E-state index contributed by atoms with van der Waals surface area (Å²) in [5.74, 6) is 0.982. The quantitative estimate of drug-likeness (QED) is 0.227. The Morgan fingerprint density at radius 3 is 2.47 bits per heavy atom. The van der Waals surface area contributed by atoms with Crippen LogP contribution in [0.15, 0.2) is 49.8 Å². The zero-order valence-electron chi connectivity index (χ0n) is 17.4. The Kier molecular flexibility index (Phi) is 7.63. The van der Waals surface area contributed by atoms with Gasteiger partial charge in [-0.05, 0) is 80.1 Å². The van der Waals surface area contributed by atoms with Crippen molar-refractivity contribution >= 4 is 60.7 Å². The van der Waals surface area contributed by atoms with Gasteiger partial charge in [-0.25, -0.2) is 0 Å². The van der Waals surface area contributed by atoms with Gasteiger partial charge in [0.15, 0.2) is 5.76 Å². The van der Waals surface area contributed by atoms with Gasteiger partial charge < -0.3 is 14.5 Å². The summed E-state index contributed by atoms with van der Waals surface area (Å²) in [6.07, 6.45) is 0. The number of rotatable bonds is 7. The third-order valence-electron chi connectivity index (χ3n) is 4.64. The van der Waals surface area contributed by atoms with Crippen LogP contribution in [0.25, 0.3) is 0 Å². The van der Waals surface area contributed by atoms with Crippen LogP contribution >= 0.6 is 43.5 Å². The lowest BCUT2D eigenvalue weighted by atomic mass is 10.0. The molecule has 0 unspecified atom stereocenters. The van der Waals surface area contributed by atoms with Gasteiger partial charge in [0.2, 0.25) is 0 Å². The van der Waals surface area contributed by atoms with Crippen LogP contribution in [-0.4, -0.2) is 10.8 Å². The number of benzene rings is 2. The van der Waals surface area contributed by atoms with E-state index in [0.29, 0.717) is 31.2 Å². The summed E-state index contributed by atoms with van der Waals surface area (Å²) in [4.78, 5) is 23.1. The predicted octanol–water partition coefficient (Wildman–Crippen LogP) is 7.63. The number of hydrogen-bond donors (Lipinski definition) is 1. The summed E-state index contributed by atoms with van der Waals surface area (Å²) in [6, 6.07) is 9.60. The summed E-state index contributed by atoms with van der Waals surface area (Å²) < 4.78 is 12.3. The van der Waals surface area contributed by atoms with Gasteiger partial charge in [0.1, 0.15) is 18.1 Å². The number of nitrogens with zero attached hydrogens (tertiary/aromatic N) is 1. The number of hydrogen-bond acceptors (Lipinski definition) is 5. The van der Waals surface area contributed by atoms with Gasteiger partial charge >= 0.3 is 0 Å². The summed E-state index contributed by atoms with van der Waals surface area (Å²) in [5, 5.41) is 14.3. The Morgan fingerprint density at radius 2 is 1.88 bits per heavy atom. The van der Waals surface area contributed by atoms with E-state index in [-0.39, 0.29) is 24.0 Å². The molecule has 0 saturated carbocycles. The molecule has 1 N–H and O–H groups in total. The largest absolute Gasteiger partial charge is 0.485 e. The van der Waals surface area contributed by atoms with Gasteiger partial charge in [-0.3, -0.25) is 14.9 Å². The van der Waals surface area contributed by atoms with Gasteiger partial charge in [0.25, 0.3) is 11.6 Å². The fourth-order valence-corrected chi connectivity index (χ4v) is 4.47. The van der Waals surface area contributed by atoms with Crippen LogP contribution in [0.5, 0.6) is 5.75 Å². The van der Waals surface area contributed by atoms with Crippen molar-refractivity contribution in [3.8, 4) is 5.75 Å². The minimum Gasteiger partial charge on any atom is -0.485 e. The van der Waals surface area contributed by atoms with Crippen LogP contribution in [0.2, 0.25) is 5.02 Å². The van der Waals surface area contributed by atoms with Crippen molar-refractivity contribution in [3.05, 3.63) is 83.1 Å². The Bertz CT molecular complexity index is 1170. The fourth-order valence-electron chi connectivity index (χ4n) is 2.93. The lowest BCUT2D eigenvalue weighted by Gasteiger charge is -2.15. The monoisotopic (exact) mass is 584 g/mol. The number of non-ortho nitro benzene ring substituents is 1. The van der Waals surface area contributed by atoms with E-state index in [9.17, 15) is 14.9 Å². The third-order valence-corrected chi connectivity index (χ3v) is 6.30. The lowest BCUT2D eigenvalue weighted by molar-refractivity contribution is -0.385. The molecule has 0 spiro atoms. The topological polar surface area (TPSA) is 94.6 Å². The highest BCUT2D eigenvalue weighted by Crippen LogP contribution is 2.36. The molecule has 0 fully saturated rings. The van der Waals surface area contributed by atoms with Crippen molar-refractivity contribution in [1.82, 2.24) is 0 Å². The first kappa shape index (κ1) is 24.3.